The van der Waals surface area contributed by atoms with E-state index in [0.717, 1.165) is 16.9 Å². The molecule has 2 rings (SSSR count). The molecule has 3 heteroatoms. The Hall–Kier alpha value is -1.09. The highest BCUT2D eigenvalue weighted by Crippen LogP contribution is 2.27. The summed E-state index contributed by atoms with van der Waals surface area (Å²) in [5.41, 5.74) is 1.70. The summed E-state index contributed by atoms with van der Waals surface area (Å²) in [6, 6.07) is 3.12. The average molecular weight is 167 g/mol. The first-order valence-corrected chi connectivity index (χ1v) is 3.88. The lowest BCUT2D eigenvalue weighted by Gasteiger charge is -2.05. The molecule has 2 nitrogen and oxygen atoms in total. The van der Waals surface area contributed by atoms with Crippen molar-refractivity contribution in [3.63, 3.8) is 0 Å². The van der Waals surface area contributed by atoms with Crippen molar-refractivity contribution in [2.24, 2.45) is 0 Å². The van der Waals surface area contributed by atoms with Gasteiger partial charge in [-0.1, -0.05) is 0 Å². The summed E-state index contributed by atoms with van der Waals surface area (Å²) in [6.07, 6.45) is 0. The van der Waals surface area contributed by atoms with Gasteiger partial charge in [0.25, 0.3) is 0 Å². The summed E-state index contributed by atoms with van der Waals surface area (Å²) in [4.78, 5) is 0. The highest BCUT2D eigenvalue weighted by atomic mass is 19.1. The topological polar surface area (TPSA) is 21.3 Å². The molecule has 1 aliphatic heterocycles. The third kappa shape index (κ3) is 0.975. The van der Waals surface area contributed by atoms with Crippen molar-refractivity contribution in [2.75, 3.05) is 7.11 Å². The second-order valence-corrected chi connectivity index (χ2v) is 2.81. The Kier molecular flexibility index (Phi) is 1.73. The van der Waals surface area contributed by atoms with E-state index in [1.807, 2.05) is 0 Å². The number of hydrogen-bond donors (Lipinski definition) is 1. The second kappa shape index (κ2) is 2.75. The lowest BCUT2D eigenvalue weighted by Crippen LogP contribution is -2.00. The van der Waals surface area contributed by atoms with E-state index < -0.39 is 0 Å². The smallest absolute Gasteiger partial charge is 0.128 e. The van der Waals surface area contributed by atoms with Crippen LogP contribution in [-0.4, -0.2) is 7.11 Å². The monoisotopic (exact) mass is 167 g/mol. The van der Waals surface area contributed by atoms with Crippen LogP contribution in [-0.2, 0) is 13.1 Å². The zero-order valence-electron chi connectivity index (χ0n) is 6.86. The highest BCUT2D eigenvalue weighted by molar-refractivity contribution is 5.43. The lowest BCUT2D eigenvalue weighted by atomic mass is 10.1. The predicted molar refractivity (Wildman–Crippen MR) is 43.5 cm³/mol. The molecule has 0 spiro atoms. The van der Waals surface area contributed by atoms with Gasteiger partial charge in [0.1, 0.15) is 11.6 Å². The van der Waals surface area contributed by atoms with Crippen molar-refractivity contribution >= 4 is 0 Å². The lowest BCUT2D eigenvalue weighted by molar-refractivity contribution is 0.408. The first-order valence-electron chi connectivity index (χ1n) is 3.88. The van der Waals surface area contributed by atoms with E-state index in [2.05, 4.69) is 5.32 Å². The van der Waals surface area contributed by atoms with Gasteiger partial charge >= 0.3 is 0 Å². The number of halogens is 1. The summed E-state index contributed by atoms with van der Waals surface area (Å²) in [6.45, 7) is 1.31. The van der Waals surface area contributed by atoms with Crippen LogP contribution in [0.5, 0.6) is 5.75 Å². The Morgan fingerprint density at radius 2 is 2.08 bits per heavy atom. The van der Waals surface area contributed by atoms with Crippen LogP contribution in [0.3, 0.4) is 0 Å². The Morgan fingerprint density at radius 3 is 2.83 bits per heavy atom. The standard InChI is InChI=1S/C9H10FNO/c1-12-9-3-2-8(10)6-4-11-5-7(6)9/h2-3,11H,4-5H2,1H3. The van der Waals surface area contributed by atoms with Gasteiger partial charge in [-0.25, -0.2) is 4.39 Å². The van der Waals surface area contributed by atoms with Crippen molar-refractivity contribution in [1.29, 1.82) is 0 Å². The molecule has 0 atom stereocenters. The Balaban J connectivity index is 2.57. The van der Waals surface area contributed by atoms with Crippen molar-refractivity contribution < 1.29 is 9.13 Å². The van der Waals surface area contributed by atoms with E-state index >= 15 is 0 Å². The third-order valence-corrected chi connectivity index (χ3v) is 2.15. The molecule has 0 saturated heterocycles. The van der Waals surface area contributed by atoms with Crippen LogP contribution in [0, 0.1) is 5.82 Å². The fourth-order valence-corrected chi connectivity index (χ4v) is 1.53. The van der Waals surface area contributed by atoms with Crippen LogP contribution < -0.4 is 10.1 Å². The third-order valence-electron chi connectivity index (χ3n) is 2.15. The Morgan fingerprint density at radius 1 is 1.33 bits per heavy atom. The fraction of sp³-hybridized carbons (Fsp3) is 0.333. The Bertz CT molecular complexity index is 312. The first kappa shape index (κ1) is 7.55. The molecular weight excluding hydrogens is 157 g/mol. The van der Waals surface area contributed by atoms with Gasteiger partial charge in [-0.2, -0.15) is 0 Å². The number of ether oxygens (including phenoxy) is 1. The molecule has 0 fully saturated rings. The van der Waals surface area contributed by atoms with Gasteiger partial charge in [-0.05, 0) is 12.1 Å². The van der Waals surface area contributed by atoms with Gasteiger partial charge in [0.15, 0.2) is 0 Å². The van der Waals surface area contributed by atoms with Crippen molar-refractivity contribution in [1.82, 2.24) is 5.32 Å². The van der Waals surface area contributed by atoms with E-state index in [-0.39, 0.29) is 5.82 Å². The molecule has 0 amide bonds. The maximum Gasteiger partial charge on any atom is 0.128 e. The van der Waals surface area contributed by atoms with Gasteiger partial charge in [0.2, 0.25) is 0 Å². The molecule has 0 bridgehead atoms. The summed E-state index contributed by atoms with van der Waals surface area (Å²) >= 11 is 0. The Labute approximate surface area is 70.3 Å². The van der Waals surface area contributed by atoms with Gasteiger partial charge in [0, 0.05) is 24.2 Å². The number of nitrogens with one attached hydrogen (secondary N) is 1. The zero-order valence-corrected chi connectivity index (χ0v) is 6.86. The van der Waals surface area contributed by atoms with Crippen LogP contribution in [0.15, 0.2) is 12.1 Å². The first-order chi connectivity index (χ1) is 5.83. The van der Waals surface area contributed by atoms with E-state index in [0.29, 0.717) is 13.1 Å². The molecule has 64 valence electrons. The van der Waals surface area contributed by atoms with Crippen LogP contribution in [0.4, 0.5) is 4.39 Å². The minimum absolute atomic E-state index is 0.143. The van der Waals surface area contributed by atoms with Crippen molar-refractivity contribution in [3.8, 4) is 5.75 Å². The predicted octanol–water partition coefficient (Wildman–Crippen LogP) is 1.44. The maximum absolute atomic E-state index is 13.1. The SMILES string of the molecule is COc1ccc(F)c2c1CNC2. The minimum atomic E-state index is -0.143. The van der Waals surface area contributed by atoms with Crippen LogP contribution in [0.2, 0.25) is 0 Å². The van der Waals surface area contributed by atoms with Gasteiger partial charge in [0.05, 0.1) is 7.11 Å². The summed E-state index contributed by atoms with van der Waals surface area (Å²) in [5, 5.41) is 3.08. The molecule has 1 heterocycles. The van der Waals surface area contributed by atoms with E-state index in [9.17, 15) is 4.39 Å². The molecule has 12 heavy (non-hydrogen) atoms. The second-order valence-electron chi connectivity index (χ2n) is 2.81. The molecule has 0 unspecified atom stereocenters. The molecule has 0 aliphatic carbocycles. The normalized spacial score (nSPS) is 14.5. The molecular formula is C9H10FNO. The molecule has 1 aromatic rings. The van der Waals surface area contributed by atoms with Crippen LogP contribution >= 0.6 is 0 Å². The number of methoxy groups -OCH3 is 1. The minimum Gasteiger partial charge on any atom is -0.496 e. The molecule has 0 radical (unpaired) electrons. The van der Waals surface area contributed by atoms with E-state index in [1.165, 1.54) is 6.07 Å². The number of rotatable bonds is 1. The van der Waals surface area contributed by atoms with Crippen LogP contribution in [0.25, 0.3) is 0 Å². The van der Waals surface area contributed by atoms with Gasteiger partial charge in [-0.15, -0.1) is 0 Å². The van der Waals surface area contributed by atoms with Gasteiger partial charge < -0.3 is 10.1 Å². The molecule has 0 saturated carbocycles. The average Bonchev–Trinajstić information content (AvgIpc) is 2.54. The maximum atomic E-state index is 13.1. The molecule has 1 N–H and O–H groups in total. The number of benzene rings is 1. The van der Waals surface area contributed by atoms with Crippen molar-refractivity contribution in [2.45, 2.75) is 13.1 Å². The molecule has 0 aromatic heterocycles. The molecule has 1 aromatic carbocycles. The number of fused-ring (bicyclic) bond motifs is 1. The fourth-order valence-electron chi connectivity index (χ4n) is 1.53. The quantitative estimate of drug-likeness (QED) is 0.683. The van der Waals surface area contributed by atoms with E-state index in [1.54, 1.807) is 13.2 Å². The summed E-state index contributed by atoms with van der Waals surface area (Å²) in [5.74, 6) is 0.632. The zero-order chi connectivity index (χ0) is 8.55. The van der Waals surface area contributed by atoms with Crippen LogP contribution in [0.1, 0.15) is 11.1 Å². The van der Waals surface area contributed by atoms with E-state index in [4.69, 9.17) is 4.74 Å². The van der Waals surface area contributed by atoms with Crippen molar-refractivity contribution in [3.05, 3.63) is 29.1 Å². The number of hydrogen-bond acceptors (Lipinski definition) is 2. The summed E-state index contributed by atoms with van der Waals surface area (Å²) in [7, 11) is 1.60. The largest absolute Gasteiger partial charge is 0.496 e. The van der Waals surface area contributed by atoms with Gasteiger partial charge in [-0.3, -0.25) is 0 Å². The molecule has 1 aliphatic rings. The highest BCUT2D eigenvalue weighted by Gasteiger charge is 2.18. The summed E-state index contributed by atoms with van der Waals surface area (Å²) < 4.78 is 18.2.